The minimum Gasteiger partial charge on any atom is -0.356 e. The zero-order valence-electron chi connectivity index (χ0n) is 22.3. The lowest BCUT2D eigenvalue weighted by molar-refractivity contribution is -0.129. The molecule has 2 aromatic rings. The van der Waals surface area contributed by atoms with Crippen LogP contribution in [0, 0.1) is 0 Å². The maximum atomic E-state index is 11.8. The predicted molar refractivity (Wildman–Crippen MR) is 166 cm³/mol. The van der Waals surface area contributed by atoms with E-state index in [9.17, 15) is 9.59 Å². The van der Waals surface area contributed by atoms with E-state index < -0.39 is 0 Å². The Hall–Kier alpha value is -1.78. The first-order chi connectivity index (χ1) is 17.7. The molecule has 38 heavy (non-hydrogen) atoms. The first-order valence-corrected chi connectivity index (χ1v) is 13.4. The van der Waals surface area contributed by atoms with Crippen LogP contribution in [-0.4, -0.2) is 49.7 Å². The largest absolute Gasteiger partial charge is 0.356 e. The minimum atomic E-state index is -0.376. The monoisotopic (exact) mass is 656 g/mol. The first kappa shape index (κ1) is 36.2. The maximum absolute atomic E-state index is 11.8. The molecular weight excluding hydrogens is 612 g/mol. The summed E-state index contributed by atoms with van der Waals surface area (Å²) in [6.07, 6.45) is 7.30. The van der Waals surface area contributed by atoms with E-state index in [1.807, 2.05) is 0 Å². The summed E-state index contributed by atoms with van der Waals surface area (Å²) in [6, 6.07) is 21.5. The maximum Gasteiger partial charge on any atom is 0.243 e. The summed E-state index contributed by atoms with van der Waals surface area (Å²) >= 11 is 0. The van der Waals surface area contributed by atoms with Gasteiger partial charge in [-0.1, -0.05) is 67.1 Å². The molecule has 0 radical (unpaired) electrons. The average Bonchev–Trinajstić information content (AvgIpc) is 2.92. The van der Waals surface area contributed by atoms with Gasteiger partial charge in [0.2, 0.25) is 11.8 Å². The molecule has 214 valence electrons. The molecule has 0 fully saturated rings. The number of amides is 2. The Labute approximate surface area is 249 Å². The summed E-state index contributed by atoms with van der Waals surface area (Å²) in [7, 11) is 0. The van der Waals surface area contributed by atoms with Gasteiger partial charge in [0.1, 0.15) is 0 Å². The van der Waals surface area contributed by atoms with Crippen LogP contribution in [0.3, 0.4) is 0 Å². The van der Waals surface area contributed by atoms with Gasteiger partial charge in [-0.25, -0.2) is 5.48 Å². The van der Waals surface area contributed by atoms with Crippen LogP contribution in [0.2, 0.25) is 0 Å². The van der Waals surface area contributed by atoms with Crippen molar-refractivity contribution in [3.63, 3.8) is 0 Å². The van der Waals surface area contributed by atoms with Crippen molar-refractivity contribution in [1.29, 1.82) is 0 Å². The summed E-state index contributed by atoms with van der Waals surface area (Å²) in [6.45, 7) is 4.61. The second kappa shape index (κ2) is 24.3. The van der Waals surface area contributed by atoms with Crippen LogP contribution in [0.15, 0.2) is 60.7 Å². The normalized spacial score (nSPS) is 10.4. The van der Waals surface area contributed by atoms with E-state index in [4.69, 9.17) is 5.21 Å². The second-order valence-corrected chi connectivity index (χ2v) is 9.17. The van der Waals surface area contributed by atoms with Gasteiger partial charge in [-0.3, -0.25) is 14.8 Å². The van der Waals surface area contributed by atoms with Crippen LogP contribution >= 0.6 is 34.0 Å². The number of halogens is 2. The predicted octanol–water partition coefficient (Wildman–Crippen LogP) is 5.29. The Morgan fingerprint density at radius 1 is 0.605 bits per heavy atom. The Bertz CT molecular complexity index is 805. The van der Waals surface area contributed by atoms with Crippen LogP contribution in [0.5, 0.6) is 0 Å². The number of carbonyl (C=O) groups excluding carboxylic acids is 2. The third-order valence-electron chi connectivity index (χ3n) is 6.26. The van der Waals surface area contributed by atoms with E-state index in [1.165, 1.54) is 11.1 Å². The zero-order valence-corrected chi connectivity index (χ0v) is 25.8. The quantitative estimate of drug-likeness (QED) is 0.0757. The van der Waals surface area contributed by atoms with Crippen LogP contribution in [0.25, 0.3) is 0 Å². The molecule has 0 spiro atoms. The Balaban J connectivity index is 0.00000684. The molecule has 0 saturated carbocycles. The smallest absolute Gasteiger partial charge is 0.243 e. The summed E-state index contributed by atoms with van der Waals surface area (Å²) in [5.74, 6) is 0.107. The van der Waals surface area contributed by atoms with Crippen molar-refractivity contribution in [1.82, 2.24) is 21.4 Å². The van der Waals surface area contributed by atoms with Crippen molar-refractivity contribution in [2.45, 2.75) is 63.7 Å². The number of hydrogen-bond acceptors (Lipinski definition) is 5. The van der Waals surface area contributed by atoms with Gasteiger partial charge < -0.3 is 16.0 Å². The van der Waals surface area contributed by atoms with E-state index in [1.54, 1.807) is 5.48 Å². The second-order valence-electron chi connectivity index (χ2n) is 9.17. The van der Waals surface area contributed by atoms with Gasteiger partial charge in [-0.05, 0) is 75.8 Å². The summed E-state index contributed by atoms with van der Waals surface area (Å²) in [5, 5.41) is 18.4. The SMILES string of the molecule is Br.Br.O=C(CCCCCC(=O)NCCCNCCCCNCCC(c1ccccc1)c1ccccc1)NO. The topological polar surface area (TPSA) is 102 Å². The van der Waals surface area contributed by atoms with Gasteiger partial charge in [0.05, 0.1) is 0 Å². The number of carbonyl (C=O) groups is 2. The number of hydroxylamine groups is 1. The number of unbranched alkanes of at least 4 members (excludes halogenated alkanes) is 3. The highest BCUT2D eigenvalue weighted by atomic mass is 79.9. The molecular formula is C29H46Br2N4O3. The molecule has 0 heterocycles. The van der Waals surface area contributed by atoms with E-state index >= 15 is 0 Å². The van der Waals surface area contributed by atoms with Crippen molar-refractivity contribution >= 4 is 45.8 Å². The molecule has 5 N–H and O–H groups in total. The number of benzene rings is 2. The molecule has 0 aromatic heterocycles. The first-order valence-electron chi connectivity index (χ1n) is 13.4. The lowest BCUT2D eigenvalue weighted by Crippen LogP contribution is -2.27. The molecule has 7 nitrogen and oxygen atoms in total. The molecule has 0 saturated heterocycles. The molecule has 2 rings (SSSR count). The van der Waals surface area contributed by atoms with E-state index in [0.717, 1.165) is 64.7 Å². The highest BCUT2D eigenvalue weighted by Gasteiger charge is 2.13. The van der Waals surface area contributed by atoms with Crippen molar-refractivity contribution < 1.29 is 14.8 Å². The van der Waals surface area contributed by atoms with Gasteiger partial charge >= 0.3 is 0 Å². The summed E-state index contributed by atoms with van der Waals surface area (Å²) < 4.78 is 0. The van der Waals surface area contributed by atoms with E-state index in [-0.39, 0.29) is 45.8 Å². The van der Waals surface area contributed by atoms with E-state index in [2.05, 4.69) is 76.6 Å². The zero-order chi connectivity index (χ0) is 25.7. The fraction of sp³-hybridized carbons (Fsp3) is 0.517. The van der Waals surface area contributed by atoms with Crippen LogP contribution in [0.4, 0.5) is 0 Å². The molecule has 2 amide bonds. The summed E-state index contributed by atoms with van der Waals surface area (Å²) in [4.78, 5) is 22.7. The molecule has 0 aliphatic heterocycles. The number of nitrogens with one attached hydrogen (secondary N) is 4. The van der Waals surface area contributed by atoms with Crippen LogP contribution < -0.4 is 21.4 Å². The molecule has 9 heteroatoms. The highest BCUT2D eigenvalue weighted by Crippen LogP contribution is 2.27. The fourth-order valence-corrected chi connectivity index (χ4v) is 4.23. The summed E-state index contributed by atoms with van der Waals surface area (Å²) in [5.41, 5.74) is 4.36. The number of hydrogen-bond donors (Lipinski definition) is 5. The molecule has 0 aliphatic rings. The Morgan fingerprint density at radius 2 is 1.11 bits per heavy atom. The third kappa shape index (κ3) is 16.9. The lowest BCUT2D eigenvalue weighted by atomic mass is 9.88. The van der Waals surface area contributed by atoms with Crippen LogP contribution in [0.1, 0.15) is 74.8 Å². The Morgan fingerprint density at radius 3 is 1.66 bits per heavy atom. The molecule has 0 atom stereocenters. The van der Waals surface area contributed by atoms with Crippen LogP contribution in [-0.2, 0) is 9.59 Å². The highest BCUT2D eigenvalue weighted by molar-refractivity contribution is 8.93. The van der Waals surface area contributed by atoms with Gasteiger partial charge in [0.25, 0.3) is 0 Å². The van der Waals surface area contributed by atoms with Crippen molar-refractivity contribution in [3.05, 3.63) is 71.8 Å². The van der Waals surface area contributed by atoms with Crippen molar-refractivity contribution in [2.24, 2.45) is 0 Å². The van der Waals surface area contributed by atoms with Gasteiger partial charge in [0.15, 0.2) is 0 Å². The standard InChI is InChI=1S/C29H44N4O3.2BrH/c34-28(17-8-3-9-18-29(35)33-36)32-23-12-22-30-20-10-11-21-31-24-19-27(25-13-4-1-5-14-25)26-15-6-2-7-16-26;;/h1-2,4-7,13-16,27,30-31,36H,3,8-12,17-24H2,(H,32,34)(H,33,35);2*1H. The fourth-order valence-electron chi connectivity index (χ4n) is 4.23. The van der Waals surface area contributed by atoms with E-state index in [0.29, 0.717) is 31.7 Å². The number of rotatable bonds is 20. The molecule has 0 aliphatic carbocycles. The average molecular weight is 659 g/mol. The van der Waals surface area contributed by atoms with Gasteiger partial charge in [-0.2, -0.15) is 0 Å². The molecule has 2 aromatic carbocycles. The third-order valence-corrected chi connectivity index (χ3v) is 6.26. The van der Waals surface area contributed by atoms with Gasteiger partial charge in [0, 0.05) is 25.3 Å². The van der Waals surface area contributed by atoms with Crippen molar-refractivity contribution in [3.8, 4) is 0 Å². The lowest BCUT2D eigenvalue weighted by Gasteiger charge is -2.18. The molecule has 0 unspecified atom stereocenters. The van der Waals surface area contributed by atoms with Crippen molar-refractivity contribution in [2.75, 3.05) is 32.7 Å². The minimum absolute atomic E-state index is 0. The van der Waals surface area contributed by atoms with Gasteiger partial charge in [-0.15, -0.1) is 34.0 Å². The Kier molecular flexibility index (Phi) is 23.1. The molecule has 0 bridgehead atoms.